The summed E-state index contributed by atoms with van der Waals surface area (Å²) >= 11 is 0. The third-order valence-electron chi connectivity index (χ3n) is 4.71. The van der Waals surface area contributed by atoms with Crippen LogP contribution < -0.4 is 10.6 Å². The first kappa shape index (κ1) is 26.1. The zero-order valence-corrected chi connectivity index (χ0v) is 18.7. The van der Waals surface area contributed by atoms with E-state index in [4.69, 9.17) is 0 Å². The maximum Gasteiger partial charge on any atom is 0.416 e. The van der Waals surface area contributed by atoms with Crippen LogP contribution in [0.5, 0.6) is 0 Å². The lowest BCUT2D eigenvalue weighted by Crippen LogP contribution is -2.30. The summed E-state index contributed by atoms with van der Waals surface area (Å²) in [7, 11) is -3.88. The van der Waals surface area contributed by atoms with Crippen LogP contribution in [-0.4, -0.2) is 49.7 Å². The third-order valence-corrected chi connectivity index (χ3v) is 6.76. The zero-order chi connectivity index (χ0) is 24.8. The van der Waals surface area contributed by atoms with Crippen molar-refractivity contribution in [1.29, 1.82) is 0 Å². The fourth-order valence-corrected chi connectivity index (χ4v) is 4.45. The van der Waals surface area contributed by atoms with E-state index < -0.39 is 38.3 Å². The van der Waals surface area contributed by atoms with E-state index >= 15 is 0 Å². The van der Waals surface area contributed by atoms with Gasteiger partial charge in [0, 0.05) is 37.8 Å². The van der Waals surface area contributed by atoms with E-state index in [0.717, 1.165) is 30.3 Å². The molecule has 0 unspecified atom stereocenters. The van der Waals surface area contributed by atoms with Crippen molar-refractivity contribution in [2.45, 2.75) is 24.9 Å². The van der Waals surface area contributed by atoms with Gasteiger partial charge in [0.15, 0.2) is 0 Å². The molecule has 13 heteroatoms. The fraction of sp³-hybridized carbons (Fsp3) is 0.350. The number of nitro benzene ring substituents is 1. The summed E-state index contributed by atoms with van der Waals surface area (Å²) < 4.78 is 64.2. The van der Waals surface area contributed by atoms with Crippen LogP contribution >= 0.6 is 0 Å². The summed E-state index contributed by atoms with van der Waals surface area (Å²) in [6, 6.07) is 7.18. The topological polar surface area (TPSA) is 122 Å². The molecule has 0 aliphatic heterocycles. The number of nitro groups is 1. The van der Waals surface area contributed by atoms with Gasteiger partial charge in [-0.3, -0.25) is 14.9 Å². The molecule has 0 aliphatic rings. The molecule has 0 saturated carbocycles. The smallest absolute Gasteiger partial charge is 0.378 e. The van der Waals surface area contributed by atoms with Crippen LogP contribution in [0.15, 0.2) is 47.4 Å². The van der Waals surface area contributed by atoms with Crippen LogP contribution in [-0.2, 0) is 16.2 Å². The van der Waals surface area contributed by atoms with E-state index in [-0.39, 0.29) is 42.3 Å². The molecule has 2 aromatic rings. The lowest BCUT2D eigenvalue weighted by Gasteiger charge is -2.18. The molecule has 0 radical (unpaired) electrons. The Morgan fingerprint density at radius 3 is 2.18 bits per heavy atom. The maximum atomic E-state index is 12.6. The highest BCUT2D eigenvalue weighted by Crippen LogP contribution is 2.30. The number of nitrogens with one attached hydrogen (secondary N) is 2. The van der Waals surface area contributed by atoms with E-state index in [2.05, 4.69) is 10.6 Å². The number of carbonyl (C=O) groups excluding carboxylic acids is 1. The third kappa shape index (κ3) is 6.42. The van der Waals surface area contributed by atoms with Crippen molar-refractivity contribution in [2.75, 3.05) is 31.5 Å². The molecule has 33 heavy (non-hydrogen) atoms. The van der Waals surface area contributed by atoms with Gasteiger partial charge in [0.05, 0.1) is 15.4 Å². The second-order valence-corrected chi connectivity index (χ2v) is 8.72. The lowest BCUT2D eigenvalue weighted by molar-refractivity contribution is -0.384. The van der Waals surface area contributed by atoms with Gasteiger partial charge in [-0.15, -0.1) is 0 Å². The highest BCUT2D eigenvalue weighted by atomic mass is 32.2. The number of nitrogens with zero attached hydrogens (tertiary/aromatic N) is 2. The second-order valence-electron chi connectivity index (χ2n) is 6.78. The molecule has 0 aliphatic carbocycles. The quantitative estimate of drug-likeness (QED) is 0.300. The minimum Gasteiger partial charge on any atom is -0.378 e. The Bertz CT molecular complexity index is 1100. The molecule has 0 heterocycles. The van der Waals surface area contributed by atoms with Gasteiger partial charge in [0.25, 0.3) is 11.6 Å². The molecule has 1 amide bonds. The summed E-state index contributed by atoms with van der Waals surface area (Å²) in [4.78, 5) is 22.6. The Kier molecular flexibility index (Phi) is 8.39. The minimum atomic E-state index is -4.51. The van der Waals surface area contributed by atoms with Gasteiger partial charge in [0.1, 0.15) is 5.69 Å². The van der Waals surface area contributed by atoms with Crippen LogP contribution in [0, 0.1) is 10.1 Å². The number of sulfonamides is 1. The molecule has 0 aromatic heterocycles. The number of hydrogen-bond donors (Lipinski definition) is 2. The van der Waals surface area contributed by atoms with Gasteiger partial charge in [-0.2, -0.15) is 17.5 Å². The molecule has 2 rings (SSSR count). The SMILES string of the molecule is CCN(CC)S(=O)(=O)c1ccc(NCCNC(=O)c2ccc(C(F)(F)F)cc2)c([N+](=O)[O-])c1. The standard InChI is InChI=1S/C20H23F3N4O5S/c1-3-26(4-2)33(31,32)16-9-10-17(18(13-16)27(29)30)24-11-12-25-19(28)14-5-7-15(8-6-14)20(21,22)23/h5-10,13,24H,3-4,11-12H2,1-2H3,(H,25,28). The number of anilines is 1. The van der Waals surface area contributed by atoms with Crippen LogP contribution in [0.4, 0.5) is 24.5 Å². The molecule has 180 valence electrons. The number of halogens is 3. The van der Waals surface area contributed by atoms with Crippen molar-refractivity contribution in [3.8, 4) is 0 Å². The predicted octanol–water partition coefficient (Wildman–Crippen LogP) is 3.49. The van der Waals surface area contributed by atoms with E-state index in [1.165, 1.54) is 16.4 Å². The van der Waals surface area contributed by atoms with E-state index in [1.807, 2.05) is 0 Å². The molecule has 9 nitrogen and oxygen atoms in total. The van der Waals surface area contributed by atoms with Gasteiger partial charge in [0.2, 0.25) is 10.0 Å². The number of carbonyl (C=O) groups is 1. The number of alkyl halides is 3. The van der Waals surface area contributed by atoms with E-state index in [0.29, 0.717) is 0 Å². The summed E-state index contributed by atoms with van der Waals surface area (Å²) in [5.74, 6) is -0.610. The molecular weight excluding hydrogens is 465 g/mol. The molecule has 0 spiro atoms. The number of benzene rings is 2. The summed E-state index contributed by atoms with van der Waals surface area (Å²) in [5.41, 5.74) is -1.24. The van der Waals surface area contributed by atoms with Gasteiger partial charge in [-0.05, 0) is 36.4 Å². The Morgan fingerprint density at radius 2 is 1.67 bits per heavy atom. The zero-order valence-electron chi connectivity index (χ0n) is 17.8. The molecular formula is C20H23F3N4O5S. The Hall–Kier alpha value is -3.19. The molecule has 2 N–H and O–H groups in total. The first-order chi connectivity index (χ1) is 15.4. The highest BCUT2D eigenvalue weighted by molar-refractivity contribution is 7.89. The van der Waals surface area contributed by atoms with Gasteiger partial charge < -0.3 is 10.6 Å². The highest BCUT2D eigenvalue weighted by Gasteiger charge is 2.30. The molecule has 0 fully saturated rings. The number of rotatable bonds is 10. The average Bonchev–Trinajstić information content (AvgIpc) is 2.76. The van der Waals surface area contributed by atoms with Crippen molar-refractivity contribution in [3.63, 3.8) is 0 Å². The first-order valence-electron chi connectivity index (χ1n) is 9.89. The minimum absolute atomic E-state index is 0.0104. The van der Waals surface area contributed by atoms with Crippen LogP contribution in [0.25, 0.3) is 0 Å². The van der Waals surface area contributed by atoms with Gasteiger partial charge in [-0.25, -0.2) is 8.42 Å². The number of amides is 1. The lowest BCUT2D eigenvalue weighted by atomic mass is 10.1. The second kappa shape index (κ2) is 10.6. The van der Waals surface area contributed by atoms with E-state index in [9.17, 15) is 36.5 Å². The monoisotopic (exact) mass is 488 g/mol. The summed E-state index contributed by atoms with van der Waals surface area (Å²) in [6.07, 6.45) is -4.51. The molecule has 2 aromatic carbocycles. The van der Waals surface area contributed by atoms with Gasteiger partial charge in [-0.1, -0.05) is 13.8 Å². The Balaban J connectivity index is 2.03. The van der Waals surface area contributed by atoms with Gasteiger partial charge >= 0.3 is 6.18 Å². The fourth-order valence-electron chi connectivity index (χ4n) is 2.97. The van der Waals surface area contributed by atoms with Crippen molar-refractivity contribution in [2.24, 2.45) is 0 Å². The normalized spacial score (nSPS) is 11.9. The van der Waals surface area contributed by atoms with Crippen LogP contribution in [0.2, 0.25) is 0 Å². The van der Waals surface area contributed by atoms with Crippen molar-refractivity contribution < 1.29 is 31.3 Å². The summed E-state index contributed by atoms with van der Waals surface area (Å²) in [5, 5.41) is 16.7. The first-order valence-corrected chi connectivity index (χ1v) is 11.3. The molecule has 0 atom stereocenters. The predicted molar refractivity (Wildman–Crippen MR) is 115 cm³/mol. The van der Waals surface area contributed by atoms with Crippen LogP contribution in [0.1, 0.15) is 29.8 Å². The molecule has 0 bridgehead atoms. The Labute approximate surface area is 188 Å². The molecule has 0 saturated heterocycles. The van der Waals surface area contributed by atoms with E-state index in [1.54, 1.807) is 13.8 Å². The summed E-state index contributed by atoms with van der Waals surface area (Å²) in [6.45, 7) is 3.80. The maximum absolute atomic E-state index is 12.6. The Morgan fingerprint density at radius 1 is 1.06 bits per heavy atom. The average molecular weight is 488 g/mol. The van der Waals surface area contributed by atoms with Crippen molar-refractivity contribution in [3.05, 3.63) is 63.7 Å². The van der Waals surface area contributed by atoms with Crippen molar-refractivity contribution in [1.82, 2.24) is 9.62 Å². The largest absolute Gasteiger partial charge is 0.416 e. The van der Waals surface area contributed by atoms with Crippen molar-refractivity contribution >= 4 is 27.3 Å². The number of hydrogen-bond acceptors (Lipinski definition) is 6. The van der Waals surface area contributed by atoms with Crippen LogP contribution in [0.3, 0.4) is 0 Å².